The molecular weight excluding hydrogens is 416 g/mol. The number of benzene rings is 2. The third kappa shape index (κ3) is 5.86. The van der Waals surface area contributed by atoms with Crippen molar-refractivity contribution in [2.75, 3.05) is 27.3 Å². The molecule has 0 spiro atoms. The molecule has 0 unspecified atom stereocenters. The standard InChI is InChI=1S/C23H28N2O5S/c1-17-4-7-22(8-5-17)31(27,28)25-12-10-19(11-13-25)24-23(26)9-6-18-14-20(29-2)16-21(15-18)30-3/h4-9,14-16,19H,10-13H2,1-3H3,(H,24,26)/b9-6+. The minimum absolute atomic E-state index is 0.0681. The lowest BCUT2D eigenvalue weighted by Gasteiger charge is -2.31. The van der Waals surface area contributed by atoms with Crippen molar-refractivity contribution in [3.8, 4) is 11.5 Å². The number of hydrogen-bond donors (Lipinski definition) is 1. The van der Waals surface area contributed by atoms with Crippen molar-refractivity contribution in [1.29, 1.82) is 0 Å². The predicted molar refractivity (Wildman–Crippen MR) is 120 cm³/mol. The number of rotatable bonds is 7. The first-order chi connectivity index (χ1) is 14.8. The fourth-order valence-corrected chi connectivity index (χ4v) is 4.92. The monoisotopic (exact) mass is 444 g/mol. The van der Waals surface area contributed by atoms with Gasteiger partial charge >= 0.3 is 0 Å². The van der Waals surface area contributed by atoms with Gasteiger partial charge < -0.3 is 14.8 Å². The molecule has 7 nitrogen and oxygen atoms in total. The van der Waals surface area contributed by atoms with Crippen LogP contribution >= 0.6 is 0 Å². The summed E-state index contributed by atoms with van der Waals surface area (Å²) in [6.45, 7) is 2.67. The minimum Gasteiger partial charge on any atom is -0.497 e. The quantitative estimate of drug-likeness (QED) is 0.664. The molecule has 0 bridgehead atoms. The third-order valence-corrected chi connectivity index (χ3v) is 7.17. The molecule has 8 heteroatoms. The fraction of sp³-hybridized carbons (Fsp3) is 0.348. The Morgan fingerprint density at radius 2 is 1.61 bits per heavy atom. The summed E-state index contributed by atoms with van der Waals surface area (Å²) < 4.78 is 37.5. The highest BCUT2D eigenvalue weighted by Crippen LogP contribution is 2.24. The molecule has 1 fully saturated rings. The lowest BCUT2D eigenvalue weighted by Crippen LogP contribution is -2.46. The molecule has 0 aromatic heterocycles. The summed E-state index contributed by atoms with van der Waals surface area (Å²) in [5.41, 5.74) is 1.80. The van der Waals surface area contributed by atoms with Gasteiger partial charge in [0.05, 0.1) is 19.1 Å². The number of hydrogen-bond acceptors (Lipinski definition) is 5. The summed E-state index contributed by atoms with van der Waals surface area (Å²) in [5.74, 6) is 1.06. The Kier molecular flexibility index (Phi) is 7.35. The molecule has 0 atom stereocenters. The van der Waals surface area contributed by atoms with Gasteiger partial charge in [0.1, 0.15) is 11.5 Å². The van der Waals surface area contributed by atoms with Crippen LogP contribution in [0.25, 0.3) is 6.08 Å². The van der Waals surface area contributed by atoms with Gasteiger partial charge in [-0.2, -0.15) is 4.31 Å². The van der Waals surface area contributed by atoms with E-state index < -0.39 is 10.0 Å². The van der Waals surface area contributed by atoms with Crippen LogP contribution < -0.4 is 14.8 Å². The van der Waals surface area contributed by atoms with E-state index in [9.17, 15) is 13.2 Å². The van der Waals surface area contributed by atoms with Crippen molar-refractivity contribution < 1.29 is 22.7 Å². The number of methoxy groups -OCH3 is 2. The molecule has 31 heavy (non-hydrogen) atoms. The summed E-state index contributed by atoms with van der Waals surface area (Å²) >= 11 is 0. The van der Waals surface area contributed by atoms with Crippen LogP contribution in [0.1, 0.15) is 24.0 Å². The Labute approximate surface area is 183 Å². The van der Waals surface area contributed by atoms with E-state index in [4.69, 9.17) is 9.47 Å². The van der Waals surface area contributed by atoms with Gasteiger partial charge in [-0.05, 0) is 55.7 Å². The molecule has 1 amide bonds. The Morgan fingerprint density at radius 1 is 1.03 bits per heavy atom. The first kappa shape index (κ1) is 22.8. The number of carbonyl (C=O) groups is 1. The Hall–Kier alpha value is -2.84. The van der Waals surface area contributed by atoms with Crippen molar-refractivity contribution in [2.24, 2.45) is 0 Å². The van der Waals surface area contributed by atoms with E-state index in [1.165, 1.54) is 10.4 Å². The van der Waals surface area contributed by atoms with Crippen LogP contribution in [0.3, 0.4) is 0 Å². The van der Waals surface area contributed by atoms with E-state index in [1.807, 2.05) is 6.92 Å². The molecule has 3 rings (SSSR count). The zero-order valence-electron chi connectivity index (χ0n) is 18.0. The minimum atomic E-state index is -3.51. The second-order valence-electron chi connectivity index (χ2n) is 7.48. The molecule has 1 aliphatic rings. The number of nitrogens with zero attached hydrogens (tertiary/aromatic N) is 1. The van der Waals surface area contributed by atoms with Crippen molar-refractivity contribution in [1.82, 2.24) is 9.62 Å². The topological polar surface area (TPSA) is 84.9 Å². The second kappa shape index (κ2) is 9.98. The predicted octanol–water partition coefficient (Wildman–Crippen LogP) is 2.99. The zero-order valence-corrected chi connectivity index (χ0v) is 18.8. The first-order valence-electron chi connectivity index (χ1n) is 10.1. The Bertz CT molecular complexity index is 1020. The van der Waals surface area contributed by atoms with E-state index in [1.54, 1.807) is 62.8 Å². The van der Waals surface area contributed by atoms with Gasteiger partial charge in [0, 0.05) is 31.3 Å². The van der Waals surface area contributed by atoms with Crippen molar-refractivity contribution in [3.63, 3.8) is 0 Å². The van der Waals surface area contributed by atoms with E-state index in [0.29, 0.717) is 42.3 Å². The smallest absolute Gasteiger partial charge is 0.244 e. The highest BCUT2D eigenvalue weighted by atomic mass is 32.2. The molecule has 2 aromatic rings. The van der Waals surface area contributed by atoms with Gasteiger partial charge in [-0.25, -0.2) is 8.42 Å². The molecule has 1 heterocycles. The average molecular weight is 445 g/mol. The maximum absolute atomic E-state index is 12.8. The van der Waals surface area contributed by atoms with Crippen molar-refractivity contribution in [3.05, 3.63) is 59.7 Å². The number of nitrogens with one attached hydrogen (secondary N) is 1. The van der Waals surface area contributed by atoms with Gasteiger partial charge in [-0.3, -0.25) is 4.79 Å². The molecule has 2 aromatic carbocycles. The summed E-state index contributed by atoms with van der Waals surface area (Å²) in [7, 11) is -0.368. The van der Waals surface area contributed by atoms with Crippen LogP contribution in [0.2, 0.25) is 0 Å². The third-order valence-electron chi connectivity index (χ3n) is 5.26. The van der Waals surface area contributed by atoms with Crippen LogP contribution in [0, 0.1) is 6.92 Å². The molecule has 166 valence electrons. The summed E-state index contributed by atoms with van der Waals surface area (Å²) in [4.78, 5) is 12.6. The van der Waals surface area contributed by atoms with Crippen LogP contribution in [-0.4, -0.2) is 52.0 Å². The molecule has 0 saturated carbocycles. The van der Waals surface area contributed by atoms with Crippen LogP contribution in [-0.2, 0) is 14.8 Å². The van der Waals surface area contributed by atoms with E-state index in [-0.39, 0.29) is 11.9 Å². The average Bonchev–Trinajstić information content (AvgIpc) is 2.78. The zero-order chi connectivity index (χ0) is 22.4. The van der Waals surface area contributed by atoms with Crippen LogP contribution in [0.5, 0.6) is 11.5 Å². The van der Waals surface area contributed by atoms with E-state index >= 15 is 0 Å². The highest BCUT2D eigenvalue weighted by molar-refractivity contribution is 7.89. The summed E-state index contributed by atoms with van der Waals surface area (Å²) in [6.07, 6.45) is 4.29. The lowest BCUT2D eigenvalue weighted by molar-refractivity contribution is -0.117. The van der Waals surface area contributed by atoms with Gasteiger partial charge in [-0.1, -0.05) is 17.7 Å². The van der Waals surface area contributed by atoms with Gasteiger partial charge in [0.25, 0.3) is 0 Å². The SMILES string of the molecule is COc1cc(/C=C/C(=O)NC2CCN(S(=O)(=O)c3ccc(C)cc3)CC2)cc(OC)c1. The van der Waals surface area contributed by atoms with Gasteiger partial charge in [0.15, 0.2) is 0 Å². The van der Waals surface area contributed by atoms with Crippen LogP contribution in [0.4, 0.5) is 0 Å². The maximum atomic E-state index is 12.8. The van der Waals surface area contributed by atoms with Gasteiger partial charge in [-0.15, -0.1) is 0 Å². The molecule has 0 aliphatic carbocycles. The number of ether oxygens (including phenoxy) is 2. The van der Waals surface area contributed by atoms with Crippen molar-refractivity contribution >= 4 is 22.0 Å². The second-order valence-corrected chi connectivity index (χ2v) is 9.42. The Morgan fingerprint density at radius 3 is 2.16 bits per heavy atom. The summed E-state index contributed by atoms with van der Waals surface area (Å²) in [6, 6.07) is 12.2. The highest BCUT2D eigenvalue weighted by Gasteiger charge is 2.29. The summed E-state index contributed by atoms with van der Waals surface area (Å²) in [5, 5.41) is 2.96. The lowest BCUT2D eigenvalue weighted by atomic mass is 10.1. The number of piperidine rings is 1. The number of carbonyl (C=O) groups excluding carboxylic acids is 1. The molecule has 1 saturated heterocycles. The fourth-order valence-electron chi connectivity index (χ4n) is 3.45. The number of sulfonamides is 1. The van der Waals surface area contributed by atoms with E-state index in [2.05, 4.69) is 5.32 Å². The van der Waals surface area contributed by atoms with Crippen LogP contribution in [0.15, 0.2) is 53.4 Å². The van der Waals surface area contributed by atoms with Gasteiger partial charge in [0.2, 0.25) is 15.9 Å². The Balaban J connectivity index is 1.55. The molecule has 1 N–H and O–H groups in total. The normalized spacial score (nSPS) is 15.7. The molecule has 0 radical (unpaired) electrons. The van der Waals surface area contributed by atoms with Crippen molar-refractivity contribution in [2.45, 2.75) is 30.7 Å². The molecular formula is C23H28N2O5S. The molecule has 1 aliphatic heterocycles. The largest absolute Gasteiger partial charge is 0.497 e. The maximum Gasteiger partial charge on any atom is 0.244 e. The first-order valence-corrected chi connectivity index (χ1v) is 11.5. The van der Waals surface area contributed by atoms with E-state index in [0.717, 1.165) is 11.1 Å². The number of amides is 1. The number of aryl methyl sites for hydroxylation is 1.